The van der Waals surface area contributed by atoms with Crippen molar-refractivity contribution < 1.29 is 5.11 Å². The quantitative estimate of drug-likeness (QED) is 0.689. The minimum Gasteiger partial charge on any atom is -0.504 e. The molecule has 0 atom stereocenters. The third-order valence-electron chi connectivity index (χ3n) is 2.59. The molecule has 2 rings (SSSR count). The first-order valence-electron chi connectivity index (χ1n) is 4.84. The highest BCUT2D eigenvalue weighted by atomic mass is 16.3. The van der Waals surface area contributed by atoms with Gasteiger partial charge in [0.25, 0.3) is 0 Å². The van der Waals surface area contributed by atoms with Gasteiger partial charge in [-0.3, -0.25) is 0 Å². The van der Waals surface area contributed by atoms with Crippen molar-refractivity contribution in [1.29, 1.82) is 0 Å². The fraction of sp³-hybridized carbons (Fsp3) is 0.364. The number of allylic oxidation sites excluding steroid dienone is 3. The molecular weight excluding hydrogens is 176 g/mol. The van der Waals surface area contributed by atoms with Crippen LogP contribution >= 0.6 is 0 Å². The van der Waals surface area contributed by atoms with Gasteiger partial charge < -0.3 is 10.0 Å². The van der Waals surface area contributed by atoms with Crippen molar-refractivity contribution in [2.24, 2.45) is 4.99 Å². The minimum atomic E-state index is 0.252. The van der Waals surface area contributed by atoms with Crippen LogP contribution < -0.4 is 0 Å². The Morgan fingerprint density at radius 3 is 3.07 bits per heavy atom. The van der Waals surface area contributed by atoms with E-state index in [9.17, 15) is 5.11 Å². The van der Waals surface area contributed by atoms with Crippen molar-refractivity contribution in [3.05, 3.63) is 35.4 Å². The first-order valence-corrected chi connectivity index (χ1v) is 4.84. The summed E-state index contributed by atoms with van der Waals surface area (Å²) in [6.07, 6.45) is 6.46. The van der Waals surface area contributed by atoms with Crippen LogP contribution in [0.25, 0.3) is 0 Å². The van der Waals surface area contributed by atoms with Gasteiger partial charge in [0.05, 0.1) is 0 Å². The largest absolute Gasteiger partial charge is 0.504 e. The molecule has 2 aliphatic rings. The molecule has 0 unspecified atom stereocenters. The maximum Gasteiger partial charge on any atom is 0.175 e. The molecule has 3 heteroatoms. The Labute approximate surface area is 83.8 Å². The van der Waals surface area contributed by atoms with E-state index < -0.39 is 0 Å². The van der Waals surface area contributed by atoms with Crippen LogP contribution in [0.4, 0.5) is 0 Å². The molecule has 2 aliphatic heterocycles. The number of aliphatic imine (C=N–C) groups is 1. The summed E-state index contributed by atoms with van der Waals surface area (Å²) in [4.78, 5) is 6.36. The molecule has 0 saturated carbocycles. The number of amidine groups is 1. The number of hydrogen-bond donors (Lipinski definition) is 1. The van der Waals surface area contributed by atoms with Crippen LogP contribution in [-0.2, 0) is 0 Å². The first-order chi connectivity index (χ1) is 6.72. The molecule has 74 valence electrons. The molecule has 0 radical (unpaired) electrons. The molecule has 14 heavy (non-hydrogen) atoms. The summed E-state index contributed by atoms with van der Waals surface area (Å²) in [5.41, 5.74) is 2.36. The summed E-state index contributed by atoms with van der Waals surface area (Å²) >= 11 is 0. The summed E-state index contributed by atoms with van der Waals surface area (Å²) in [5.74, 6) is 0.921. The summed E-state index contributed by atoms with van der Waals surface area (Å²) in [5, 5.41) is 9.60. The molecule has 1 N–H and O–H groups in total. The van der Waals surface area contributed by atoms with Crippen LogP contribution in [0.3, 0.4) is 0 Å². The number of fused-ring (bicyclic) bond motifs is 1. The van der Waals surface area contributed by atoms with Gasteiger partial charge in [0.1, 0.15) is 0 Å². The molecule has 0 aromatic carbocycles. The highest BCUT2D eigenvalue weighted by molar-refractivity contribution is 5.99. The van der Waals surface area contributed by atoms with Gasteiger partial charge in [-0.05, 0) is 31.1 Å². The maximum atomic E-state index is 9.60. The van der Waals surface area contributed by atoms with Crippen LogP contribution in [0, 0.1) is 0 Å². The van der Waals surface area contributed by atoms with Gasteiger partial charge in [-0.25, -0.2) is 4.99 Å². The third kappa shape index (κ3) is 1.35. The molecule has 0 aromatic rings. The average Bonchev–Trinajstić information content (AvgIpc) is 2.19. The molecule has 0 fully saturated rings. The molecule has 3 nitrogen and oxygen atoms in total. The van der Waals surface area contributed by atoms with E-state index in [1.807, 2.05) is 24.1 Å². The second kappa shape index (κ2) is 3.33. The lowest BCUT2D eigenvalue weighted by molar-refractivity contribution is 0.417. The van der Waals surface area contributed by atoms with Gasteiger partial charge in [-0.15, -0.1) is 0 Å². The second-order valence-corrected chi connectivity index (χ2v) is 3.50. The predicted octanol–water partition coefficient (Wildman–Crippen LogP) is 2.35. The second-order valence-electron chi connectivity index (χ2n) is 3.50. The number of aliphatic hydroxyl groups is 1. The van der Waals surface area contributed by atoms with Crippen LogP contribution in [0.15, 0.2) is 40.4 Å². The van der Waals surface area contributed by atoms with Gasteiger partial charge in [0.15, 0.2) is 11.6 Å². The molecule has 2 heterocycles. The zero-order chi connectivity index (χ0) is 10.1. The van der Waals surface area contributed by atoms with Crippen molar-refractivity contribution in [3.8, 4) is 0 Å². The molecule has 0 spiro atoms. The fourth-order valence-electron chi connectivity index (χ4n) is 1.71. The SMILES string of the molecule is CCC1=C(C)N=C2C(O)=CC=CN2C1. The van der Waals surface area contributed by atoms with Crippen molar-refractivity contribution >= 4 is 5.84 Å². The highest BCUT2D eigenvalue weighted by Crippen LogP contribution is 2.22. The molecule has 0 saturated heterocycles. The topological polar surface area (TPSA) is 35.8 Å². The zero-order valence-electron chi connectivity index (χ0n) is 8.49. The fourth-order valence-corrected chi connectivity index (χ4v) is 1.71. The summed E-state index contributed by atoms with van der Waals surface area (Å²) in [6, 6.07) is 0. The Hall–Kier alpha value is -1.51. The van der Waals surface area contributed by atoms with E-state index in [1.165, 1.54) is 5.57 Å². The minimum absolute atomic E-state index is 0.252. The van der Waals surface area contributed by atoms with Gasteiger partial charge in [-0.1, -0.05) is 6.92 Å². The van der Waals surface area contributed by atoms with Crippen molar-refractivity contribution in [1.82, 2.24) is 4.90 Å². The lowest BCUT2D eigenvalue weighted by Crippen LogP contribution is -2.33. The average molecular weight is 190 g/mol. The summed E-state index contributed by atoms with van der Waals surface area (Å²) in [6.45, 7) is 4.97. The van der Waals surface area contributed by atoms with Crippen molar-refractivity contribution in [2.45, 2.75) is 20.3 Å². The van der Waals surface area contributed by atoms with E-state index in [4.69, 9.17) is 0 Å². The lowest BCUT2D eigenvalue weighted by Gasteiger charge is -2.29. The van der Waals surface area contributed by atoms with Gasteiger partial charge in [-0.2, -0.15) is 0 Å². The van der Waals surface area contributed by atoms with E-state index in [-0.39, 0.29) is 5.76 Å². The van der Waals surface area contributed by atoms with E-state index in [0.717, 1.165) is 18.7 Å². The molecule has 0 aliphatic carbocycles. The summed E-state index contributed by atoms with van der Waals surface area (Å²) < 4.78 is 0. The Morgan fingerprint density at radius 2 is 2.36 bits per heavy atom. The van der Waals surface area contributed by atoms with Crippen LogP contribution in [-0.4, -0.2) is 22.4 Å². The zero-order valence-corrected chi connectivity index (χ0v) is 8.49. The third-order valence-corrected chi connectivity index (χ3v) is 2.59. The van der Waals surface area contributed by atoms with Gasteiger partial charge >= 0.3 is 0 Å². The first kappa shape index (κ1) is 9.06. The van der Waals surface area contributed by atoms with Crippen LogP contribution in [0.5, 0.6) is 0 Å². The Kier molecular flexibility index (Phi) is 2.15. The van der Waals surface area contributed by atoms with E-state index in [0.29, 0.717) is 5.84 Å². The Bertz CT molecular complexity index is 375. The van der Waals surface area contributed by atoms with E-state index in [2.05, 4.69) is 11.9 Å². The lowest BCUT2D eigenvalue weighted by atomic mass is 10.1. The van der Waals surface area contributed by atoms with Crippen LogP contribution in [0.2, 0.25) is 0 Å². The standard InChI is InChI=1S/C11H14N2O/c1-3-9-7-13-6-4-5-10(14)11(13)12-8(9)2/h4-6,14H,3,7H2,1-2H3. The molecule has 0 bridgehead atoms. The van der Waals surface area contributed by atoms with Gasteiger partial charge in [0, 0.05) is 18.4 Å². The van der Waals surface area contributed by atoms with Gasteiger partial charge in [0.2, 0.25) is 0 Å². The smallest absolute Gasteiger partial charge is 0.175 e. The summed E-state index contributed by atoms with van der Waals surface area (Å²) in [7, 11) is 0. The van der Waals surface area contributed by atoms with Crippen molar-refractivity contribution in [3.63, 3.8) is 0 Å². The normalized spacial score (nSPS) is 20.6. The number of aliphatic hydroxyl groups excluding tert-OH is 1. The number of rotatable bonds is 1. The van der Waals surface area contributed by atoms with Crippen LogP contribution in [0.1, 0.15) is 20.3 Å². The highest BCUT2D eigenvalue weighted by Gasteiger charge is 2.21. The monoisotopic (exact) mass is 190 g/mol. The molecule has 0 amide bonds. The predicted molar refractivity (Wildman–Crippen MR) is 57.0 cm³/mol. The van der Waals surface area contributed by atoms with Crippen molar-refractivity contribution in [2.75, 3.05) is 6.54 Å². The van der Waals surface area contributed by atoms with E-state index in [1.54, 1.807) is 6.08 Å². The Balaban J connectivity index is 2.40. The number of hydrogen-bond acceptors (Lipinski definition) is 3. The number of nitrogens with zero attached hydrogens (tertiary/aromatic N) is 2. The maximum absolute atomic E-state index is 9.60. The van der Waals surface area contributed by atoms with E-state index >= 15 is 0 Å². The Morgan fingerprint density at radius 1 is 1.57 bits per heavy atom. The molecule has 0 aromatic heterocycles. The molecular formula is C11H14N2O.